The molecule has 0 aliphatic carbocycles. The topological polar surface area (TPSA) is 32.3 Å². The van der Waals surface area contributed by atoms with Gasteiger partial charge in [-0.1, -0.05) is 68.5 Å². The summed E-state index contributed by atoms with van der Waals surface area (Å²) in [5.74, 6) is 1.14. The Morgan fingerprint density at radius 3 is 1.97 bits per heavy atom. The van der Waals surface area contributed by atoms with Crippen molar-refractivity contribution in [2.75, 3.05) is 43.4 Å². The highest BCUT2D eigenvalue weighted by Gasteiger charge is 2.16. The van der Waals surface area contributed by atoms with Gasteiger partial charge in [0.25, 0.3) is 0 Å². The number of anilines is 1. The minimum absolute atomic E-state index is 0.943. The van der Waals surface area contributed by atoms with Crippen molar-refractivity contribution in [3.05, 3.63) is 47.8 Å². The first kappa shape index (κ1) is 24.1. The first-order chi connectivity index (χ1) is 15.2. The molecule has 0 atom stereocenters. The third-order valence-electron chi connectivity index (χ3n) is 6.06. The number of hydrogen-bond acceptors (Lipinski definition) is 5. The third kappa shape index (κ3) is 9.20. The van der Waals surface area contributed by atoms with Crippen LogP contribution in [0, 0.1) is 13.8 Å². The van der Waals surface area contributed by atoms with Crippen LogP contribution >= 0.6 is 11.8 Å². The van der Waals surface area contributed by atoms with Crippen LogP contribution in [0.1, 0.15) is 62.8 Å². The molecule has 170 valence electrons. The molecule has 0 N–H and O–H groups in total. The molecule has 5 heteroatoms. The third-order valence-corrected chi connectivity index (χ3v) is 6.99. The number of thioether (sulfide) groups is 1. The van der Waals surface area contributed by atoms with Crippen LogP contribution in [0.3, 0.4) is 0 Å². The molecular weight excluding hydrogens is 400 g/mol. The zero-order valence-corrected chi connectivity index (χ0v) is 20.4. The minimum atomic E-state index is 0.943. The smallest absolute Gasteiger partial charge is 0.187 e. The predicted molar refractivity (Wildman–Crippen MR) is 134 cm³/mol. The molecule has 1 aliphatic heterocycles. The highest BCUT2D eigenvalue weighted by atomic mass is 32.2. The maximum Gasteiger partial charge on any atom is 0.187 e. The summed E-state index contributed by atoms with van der Waals surface area (Å²) < 4.78 is 0. The summed E-state index contributed by atoms with van der Waals surface area (Å²) in [6.45, 7) is 10.1. The summed E-state index contributed by atoms with van der Waals surface area (Å²) in [5, 5.41) is 0.943. The fraction of sp³-hybridized carbons (Fsp3) is 0.615. The summed E-state index contributed by atoms with van der Waals surface area (Å²) in [4.78, 5) is 14.2. The molecule has 4 nitrogen and oxygen atoms in total. The summed E-state index contributed by atoms with van der Waals surface area (Å²) in [7, 11) is 0. The summed E-state index contributed by atoms with van der Waals surface area (Å²) >= 11 is 1.81. The van der Waals surface area contributed by atoms with Crippen LogP contribution in [0.5, 0.6) is 0 Å². The Morgan fingerprint density at radius 1 is 0.742 bits per heavy atom. The van der Waals surface area contributed by atoms with Gasteiger partial charge in [-0.25, -0.2) is 9.97 Å². The quantitative estimate of drug-likeness (QED) is 0.212. The first-order valence-electron chi connectivity index (χ1n) is 12.2. The largest absolute Gasteiger partial charge is 0.369 e. The lowest BCUT2D eigenvalue weighted by atomic mass is 10.1. The molecule has 0 bridgehead atoms. The summed E-state index contributed by atoms with van der Waals surface area (Å²) in [5.41, 5.74) is 3.52. The van der Waals surface area contributed by atoms with E-state index in [2.05, 4.69) is 50.1 Å². The highest BCUT2D eigenvalue weighted by Crippen LogP contribution is 2.18. The lowest BCUT2D eigenvalue weighted by molar-refractivity contribution is 0.252. The van der Waals surface area contributed by atoms with Crippen LogP contribution in [-0.2, 0) is 0 Å². The average Bonchev–Trinajstić information content (AvgIpc) is 2.78. The molecule has 1 saturated heterocycles. The van der Waals surface area contributed by atoms with Crippen molar-refractivity contribution in [1.29, 1.82) is 0 Å². The normalized spacial score (nSPS) is 14.8. The monoisotopic (exact) mass is 440 g/mol. The lowest BCUT2D eigenvalue weighted by Crippen LogP contribution is -2.46. The standard InChI is InChI=1S/C26H40N4S/c1-23-22-24(2)28-26(27-23)31-21-13-8-6-4-3-5-7-12-16-29-17-19-30(20-18-29)25-14-10-9-11-15-25/h9-11,14-15,22H,3-8,12-13,16-21H2,1-2H3. The van der Waals surface area contributed by atoms with Gasteiger partial charge in [0.05, 0.1) is 0 Å². The van der Waals surface area contributed by atoms with Crippen molar-refractivity contribution in [3.63, 3.8) is 0 Å². The molecule has 2 aromatic rings. The van der Waals surface area contributed by atoms with Crippen LogP contribution < -0.4 is 4.90 Å². The molecule has 0 radical (unpaired) electrons. The fourth-order valence-electron chi connectivity index (χ4n) is 4.29. The van der Waals surface area contributed by atoms with Gasteiger partial charge in [0.2, 0.25) is 0 Å². The van der Waals surface area contributed by atoms with Crippen molar-refractivity contribution in [1.82, 2.24) is 14.9 Å². The number of nitrogens with zero attached hydrogens (tertiary/aromatic N) is 4. The Kier molecular flexibility index (Phi) is 10.7. The molecule has 1 aliphatic rings. The van der Waals surface area contributed by atoms with Crippen LogP contribution in [-0.4, -0.2) is 53.3 Å². The van der Waals surface area contributed by atoms with E-state index in [1.165, 1.54) is 76.7 Å². The molecule has 2 heterocycles. The Balaban J connectivity index is 1.12. The van der Waals surface area contributed by atoms with E-state index in [0.29, 0.717) is 0 Å². The van der Waals surface area contributed by atoms with Crippen molar-refractivity contribution in [2.45, 2.75) is 70.4 Å². The molecule has 3 rings (SSSR count). The Morgan fingerprint density at radius 2 is 1.32 bits per heavy atom. The average molecular weight is 441 g/mol. The van der Waals surface area contributed by atoms with Gasteiger partial charge < -0.3 is 4.90 Å². The number of unbranched alkanes of at least 4 members (excludes halogenated alkanes) is 7. The summed E-state index contributed by atoms with van der Waals surface area (Å²) in [6, 6.07) is 12.9. The second-order valence-corrected chi connectivity index (χ2v) is 9.84. The predicted octanol–water partition coefficient (Wildman–Crippen LogP) is 6.13. The molecule has 0 unspecified atom stereocenters. The maximum absolute atomic E-state index is 4.51. The van der Waals surface area contributed by atoms with E-state index in [1.54, 1.807) is 11.8 Å². The number of piperazine rings is 1. The molecule has 1 aromatic heterocycles. The SMILES string of the molecule is Cc1cc(C)nc(SCCCCCCCCCCN2CCN(c3ccccc3)CC2)n1. The van der Waals surface area contributed by atoms with E-state index in [1.807, 2.05) is 19.9 Å². The van der Waals surface area contributed by atoms with Crippen LogP contribution in [0.25, 0.3) is 0 Å². The van der Waals surface area contributed by atoms with E-state index in [9.17, 15) is 0 Å². The molecular formula is C26H40N4S. The number of aromatic nitrogens is 2. The van der Waals surface area contributed by atoms with Gasteiger partial charge in [-0.2, -0.15) is 0 Å². The van der Waals surface area contributed by atoms with Crippen molar-refractivity contribution in [3.8, 4) is 0 Å². The molecule has 1 fully saturated rings. The van der Waals surface area contributed by atoms with Gasteiger partial charge in [0.1, 0.15) is 0 Å². The van der Waals surface area contributed by atoms with Gasteiger partial charge in [-0.05, 0) is 51.4 Å². The Bertz CT molecular complexity index is 724. The van der Waals surface area contributed by atoms with Crippen molar-refractivity contribution >= 4 is 17.4 Å². The lowest BCUT2D eigenvalue weighted by Gasteiger charge is -2.36. The zero-order valence-electron chi connectivity index (χ0n) is 19.6. The molecule has 0 amide bonds. The van der Waals surface area contributed by atoms with Crippen LogP contribution in [0.2, 0.25) is 0 Å². The van der Waals surface area contributed by atoms with Crippen LogP contribution in [0.15, 0.2) is 41.6 Å². The second-order valence-electron chi connectivity index (χ2n) is 8.77. The zero-order chi connectivity index (χ0) is 21.7. The van der Waals surface area contributed by atoms with Gasteiger partial charge >= 0.3 is 0 Å². The Hall–Kier alpha value is -1.59. The van der Waals surface area contributed by atoms with E-state index >= 15 is 0 Å². The van der Waals surface area contributed by atoms with Gasteiger partial charge in [-0.3, -0.25) is 4.90 Å². The number of para-hydroxylation sites is 1. The van der Waals surface area contributed by atoms with Gasteiger partial charge in [-0.15, -0.1) is 0 Å². The van der Waals surface area contributed by atoms with Gasteiger partial charge in [0.15, 0.2) is 5.16 Å². The van der Waals surface area contributed by atoms with E-state index < -0.39 is 0 Å². The van der Waals surface area contributed by atoms with Crippen molar-refractivity contribution in [2.24, 2.45) is 0 Å². The fourth-order valence-corrected chi connectivity index (χ4v) is 5.24. The molecule has 0 saturated carbocycles. The number of rotatable bonds is 13. The van der Waals surface area contributed by atoms with E-state index in [-0.39, 0.29) is 0 Å². The molecule has 1 aromatic carbocycles. The van der Waals surface area contributed by atoms with Gasteiger partial charge in [0, 0.05) is 49.0 Å². The highest BCUT2D eigenvalue weighted by molar-refractivity contribution is 7.99. The van der Waals surface area contributed by atoms with Crippen molar-refractivity contribution < 1.29 is 0 Å². The van der Waals surface area contributed by atoms with E-state index in [4.69, 9.17) is 0 Å². The molecule has 31 heavy (non-hydrogen) atoms. The second kappa shape index (κ2) is 13.7. The first-order valence-corrected chi connectivity index (χ1v) is 13.2. The maximum atomic E-state index is 4.51. The minimum Gasteiger partial charge on any atom is -0.369 e. The number of benzene rings is 1. The van der Waals surface area contributed by atoms with Crippen LogP contribution in [0.4, 0.5) is 5.69 Å². The molecule has 0 spiro atoms. The summed E-state index contributed by atoms with van der Waals surface area (Å²) in [6.07, 6.45) is 10.9. The number of hydrogen-bond donors (Lipinski definition) is 0. The van der Waals surface area contributed by atoms with E-state index in [0.717, 1.165) is 35.4 Å². The Labute approximate surface area is 193 Å². The number of aryl methyl sites for hydroxylation is 2.